The third-order valence-electron chi connectivity index (χ3n) is 2.97. The average molecular weight is 283 g/mol. The first kappa shape index (κ1) is 14.7. The van der Waals surface area contributed by atoms with Gasteiger partial charge in [-0.1, -0.05) is 25.1 Å². The Morgan fingerprint density at radius 1 is 1.14 bits per heavy atom. The van der Waals surface area contributed by atoms with Crippen LogP contribution in [-0.4, -0.2) is 16.8 Å². The van der Waals surface area contributed by atoms with Gasteiger partial charge in [0.1, 0.15) is 5.82 Å². The molecule has 0 aliphatic carbocycles. The molecule has 0 saturated heterocycles. The van der Waals surface area contributed by atoms with E-state index in [9.17, 15) is 9.59 Å². The van der Waals surface area contributed by atoms with E-state index in [0.29, 0.717) is 11.4 Å². The predicted molar refractivity (Wildman–Crippen MR) is 82.3 cm³/mol. The van der Waals surface area contributed by atoms with Crippen LogP contribution in [0, 0.1) is 0 Å². The molecule has 1 aromatic heterocycles. The molecular formula is C16H17N3O2. The van der Waals surface area contributed by atoms with Gasteiger partial charge in [0.05, 0.1) is 0 Å². The number of hydrogen-bond donors (Lipinski definition) is 2. The van der Waals surface area contributed by atoms with Crippen molar-refractivity contribution in [1.82, 2.24) is 4.98 Å². The van der Waals surface area contributed by atoms with E-state index in [1.54, 1.807) is 12.1 Å². The zero-order valence-electron chi connectivity index (χ0n) is 12.0. The Labute approximate surface area is 123 Å². The molecule has 0 aliphatic rings. The lowest BCUT2D eigenvalue weighted by atomic mass is 10.1. The zero-order valence-corrected chi connectivity index (χ0v) is 12.0. The molecule has 2 N–H and O–H groups in total. The summed E-state index contributed by atoms with van der Waals surface area (Å²) in [5, 5.41) is 5.44. The minimum atomic E-state index is -0.232. The van der Waals surface area contributed by atoms with E-state index in [1.807, 2.05) is 31.2 Å². The fourth-order valence-corrected chi connectivity index (χ4v) is 1.97. The molecule has 0 unspecified atom stereocenters. The number of nitrogens with one attached hydrogen (secondary N) is 2. The normalized spacial score (nSPS) is 10.0. The molecule has 0 bridgehead atoms. The first-order valence-electron chi connectivity index (χ1n) is 6.73. The van der Waals surface area contributed by atoms with Gasteiger partial charge in [-0.2, -0.15) is 0 Å². The van der Waals surface area contributed by atoms with Crippen LogP contribution >= 0.6 is 0 Å². The highest BCUT2D eigenvalue weighted by Gasteiger charge is 2.09. The first-order valence-corrected chi connectivity index (χ1v) is 6.73. The molecule has 0 spiro atoms. The van der Waals surface area contributed by atoms with Gasteiger partial charge in [0, 0.05) is 24.4 Å². The van der Waals surface area contributed by atoms with E-state index in [4.69, 9.17) is 0 Å². The van der Waals surface area contributed by atoms with E-state index in [2.05, 4.69) is 15.6 Å². The summed E-state index contributed by atoms with van der Waals surface area (Å²) in [5.74, 6) is -0.0970. The number of anilines is 2. The molecule has 2 aromatic rings. The molecular weight excluding hydrogens is 266 g/mol. The van der Waals surface area contributed by atoms with Gasteiger partial charge in [-0.25, -0.2) is 4.98 Å². The fraction of sp³-hybridized carbons (Fsp3) is 0.188. The minimum absolute atomic E-state index is 0.226. The summed E-state index contributed by atoms with van der Waals surface area (Å²) in [4.78, 5) is 27.3. The van der Waals surface area contributed by atoms with E-state index in [1.165, 1.54) is 13.1 Å². The maximum Gasteiger partial charge on any atom is 0.255 e. The fourth-order valence-electron chi connectivity index (χ4n) is 1.97. The highest BCUT2D eigenvalue weighted by Crippen LogP contribution is 2.17. The van der Waals surface area contributed by atoms with Crippen LogP contribution in [0.1, 0.15) is 29.8 Å². The maximum atomic E-state index is 12.3. The van der Waals surface area contributed by atoms with Crippen LogP contribution in [-0.2, 0) is 11.2 Å². The average Bonchev–Trinajstić information content (AvgIpc) is 2.47. The molecule has 0 aliphatic heterocycles. The van der Waals surface area contributed by atoms with Crippen molar-refractivity contribution in [2.24, 2.45) is 0 Å². The molecule has 2 amide bonds. The number of hydrogen-bond acceptors (Lipinski definition) is 3. The molecule has 0 saturated carbocycles. The lowest BCUT2D eigenvalue weighted by Gasteiger charge is -2.10. The van der Waals surface area contributed by atoms with Crippen LogP contribution in [0.25, 0.3) is 0 Å². The van der Waals surface area contributed by atoms with E-state index < -0.39 is 0 Å². The van der Waals surface area contributed by atoms with Crippen molar-refractivity contribution in [3.63, 3.8) is 0 Å². The van der Waals surface area contributed by atoms with Crippen LogP contribution in [0.4, 0.5) is 11.5 Å². The lowest BCUT2D eigenvalue weighted by Crippen LogP contribution is -2.14. The summed E-state index contributed by atoms with van der Waals surface area (Å²) in [7, 11) is 0. The van der Waals surface area contributed by atoms with Gasteiger partial charge in [-0.15, -0.1) is 0 Å². The molecule has 2 rings (SSSR count). The maximum absolute atomic E-state index is 12.3. The summed E-state index contributed by atoms with van der Waals surface area (Å²) in [5.41, 5.74) is 2.31. The molecule has 1 heterocycles. The second kappa shape index (κ2) is 6.65. The standard InChI is InChI=1S/C16H17N3O2/c1-3-12-6-4-5-7-14(12)19-16(21)13-8-9-17-15(10-13)18-11(2)20/h4-10H,3H2,1-2H3,(H,19,21)(H,17,18,20). The summed E-state index contributed by atoms with van der Waals surface area (Å²) < 4.78 is 0. The van der Waals surface area contributed by atoms with Crippen molar-refractivity contribution in [2.75, 3.05) is 10.6 Å². The van der Waals surface area contributed by atoms with E-state index in [0.717, 1.165) is 17.7 Å². The second-order valence-corrected chi connectivity index (χ2v) is 4.58. The van der Waals surface area contributed by atoms with Crippen molar-refractivity contribution < 1.29 is 9.59 Å². The number of pyridine rings is 1. The Morgan fingerprint density at radius 3 is 2.62 bits per heavy atom. The van der Waals surface area contributed by atoms with Gasteiger partial charge in [-0.05, 0) is 30.2 Å². The molecule has 21 heavy (non-hydrogen) atoms. The number of aromatic nitrogens is 1. The van der Waals surface area contributed by atoms with Crippen molar-refractivity contribution in [2.45, 2.75) is 20.3 Å². The number of benzene rings is 1. The quantitative estimate of drug-likeness (QED) is 0.906. The van der Waals surface area contributed by atoms with Crippen LogP contribution in [0.15, 0.2) is 42.6 Å². The molecule has 5 nitrogen and oxygen atoms in total. The number of nitrogens with zero attached hydrogens (tertiary/aromatic N) is 1. The Hall–Kier alpha value is -2.69. The van der Waals surface area contributed by atoms with Gasteiger partial charge >= 0.3 is 0 Å². The van der Waals surface area contributed by atoms with Crippen molar-refractivity contribution in [1.29, 1.82) is 0 Å². The molecule has 1 aromatic carbocycles. The Bertz CT molecular complexity index is 668. The Morgan fingerprint density at radius 2 is 1.90 bits per heavy atom. The zero-order chi connectivity index (χ0) is 15.2. The molecule has 0 fully saturated rings. The van der Waals surface area contributed by atoms with E-state index >= 15 is 0 Å². The Kier molecular flexibility index (Phi) is 4.66. The summed E-state index contributed by atoms with van der Waals surface area (Å²) >= 11 is 0. The highest BCUT2D eigenvalue weighted by molar-refractivity contribution is 6.05. The van der Waals surface area contributed by atoms with Crippen LogP contribution < -0.4 is 10.6 Å². The summed E-state index contributed by atoms with van der Waals surface area (Å²) in [6.07, 6.45) is 2.33. The van der Waals surface area contributed by atoms with Gasteiger partial charge in [0.2, 0.25) is 5.91 Å². The van der Waals surface area contributed by atoms with Crippen LogP contribution in [0.5, 0.6) is 0 Å². The number of carbonyl (C=O) groups is 2. The van der Waals surface area contributed by atoms with Crippen molar-refractivity contribution >= 4 is 23.3 Å². The van der Waals surface area contributed by atoms with Crippen molar-refractivity contribution in [3.8, 4) is 0 Å². The molecule has 108 valence electrons. The third-order valence-corrected chi connectivity index (χ3v) is 2.97. The number of amides is 2. The minimum Gasteiger partial charge on any atom is -0.322 e. The molecule has 5 heteroatoms. The lowest BCUT2D eigenvalue weighted by molar-refractivity contribution is -0.114. The molecule has 0 radical (unpaired) electrons. The van der Waals surface area contributed by atoms with Gasteiger partial charge in [-0.3, -0.25) is 9.59 Å². The Balaban J connectivity index is 2.18. The molecule has 0 atom stereocenters. The van der Waals surface area contributed by atoms with E-state index in [-0.39, 0.29) is 11.8 Å². The topological polar surface area (TPSA) is 71.1 Å². The van der Waals surface area contributed by atoms with Crippen molar-refractivity contribution in [3.05, 3.63) is 53.7 Å². The summed E-state index contributed by atoms with van der Waals surface area (Å²) in [6, 6.07) is 10.8. The van der Waals surface area contributed by atoms with Gasteiger partial charge in [0.25, 0.3) is 5.91 Å². The first-order chi connectivity index (χ1) is 10.1. The third kappa shape index (κ3) is 3.89. The second-order valence-electron chi connectivity index (χ2n) is 4.58. The monoisotopic (exact) mass is 283 g/mol. The number of para-hydroxylation sites is 1. The predicted octanol–water partition coefficient (Wildman–Crippen LogP) is 2.85. The van der Waals surface area contributed by atoms with Gasteiger partial charge < -0.3 is 10.6 Å². The highest BCUT2D eigenvalue weighted by atomic mass is 16.2. The van der Waals surface area contributed by atoms with Crippen LogP contribution in [0.2, 0.25) is 0 Å². The number of carbonyl (C=O) groups excluding carboxylic acids is 2. The largest absolute Gasteiger partial charge is 0.322 e. The number of rotatable bonds is 4. The van der Waals surface area contributed by atoms with Crippen LogP contribution in [0.3, 0.4) is 0 Å². The smallest absolute Gasteiger partial charge is 0.255 e. The summed E-state index contributed by atoms with van der Waals surface area (Å²) in [6.45, 7) is 3.43. The van der Waals surface area contributed by atoms with Gasteiger partial charge in [0.15, 0.2) is 0 Å². The number of aryl methyl sites for hydroxylation is 1. The SMILES string of the molecule is CCc1ccccc1NC(=O)c1ccnc(NC(C)=O)c1.